The maximum absolute atomic E-state index is 3.59. The summed E-state index contributed by atoms with van der Waals surface area (Å²) in [6.07, 6.45) is 17.4. The number of hydrogen-bond acceptors (Lipinski definition) is 1. The lowest BCUT2D eigenvalue weighted by atomic mass is 9.91. The summed E-state index contributed by atoms with van der Waals surface area (Å²) in [5.41, 5.74) is 2.90. The zero-order chi connectivity index (χ0) is 9.38. The lowest BCUT2D eigenvalue weighted by molar-refractivity contribution is 0.648. The van der Waals surface area contributed by atoms with Crippen LogP contribution in [0.4, 0.5) is 0 Å². The van der Waals surface area contributed by atoms with Gasteiger partial charge in [-0.15, -0.1) is 0 Å². The fraction of sp³-hybridized carbons (Fsp3) is 0.385. The summed E-state index contributed by atoms with van der Waals surface area (Å²) in [5, 5.41) is 3.59. The first-order valence-electron chi connectivity index (χ1n) is 5.47. The molecular weight excluding hydrogens is 170 g/mol. The third-order valence-corrected chi connectivity index (χ3v) is 3.25. The van der Waals surface area contributed by atoms with Gasteiger partial charge in [0.2, 0.25) is 0 Å². The van der Waals surface area contributed by atoms with Crippen molar-refractivity contribution in [1.29, 1.82) is 0 Å². The Hall–Kier alpha value is -1.24. The van der Waals surface area contributed by atoms with Crippen molar-refractivity contribution in [3.63, 3.8) is 0 Å². The SMILES string of the molecule is C1=CC2NC3=CCCCC=C3C2C=C1. The molecule has 1 aliphatic heterocycles. The molecule has 2 unspecified atom stereocenters. The fourth-order valence-electron chi connectivity index (χ4n) is 2.53. The van der Waals surface area contributed by atoms with E-state index in [4.69, 9.17) is 0 Å². The highest BCUT2D eigenvalue weighted by molar-refractivity contribution is 5.45. The van der Waals surface area contributed by atoms with Gasteiger partial charge in [0.15, 0.2) is 0 Å². The minimum absolute atomic E-state index is 0.510. The van der Waals surface area contributed by atoms with E-state index in [1.165, 1.54) is 30.5 Å². The van der Waals surface area contributed by atoms with Crippen LogP contribution in [0.5, 0.6) is 0 Å². The molecule has 0 aromatic carbocycles. The number of hydrogen-bond donors (Lipinski definition) is 1. The monoisotopic (exact) mass is 185 g/mol. The van der Waals surface area contributed by atoms with E-state index in [-0.39, 0.29) is 0 Å². The molecule has 0 amide bonds. The highest BCUT2D eigenvalue weighted by atomic mass is 15.0. The summed E-state index contributed by atoms with van der Waals surface area (Å²) >= 11 is 0. The molecule has 1 nitrogen and oxygen atoms in total. The molecule has 3 aliphatic rings. The van der Waals surface area contributed by atoms with Crippen LogP contribution in [0.2, 0.25) is 0 Å². The van der Waals surface area contributed by atoms with Crippen LogP contribution in [0.1, 0.15) is 19.3 Å². The van der Waals surface area contributed by atoms with Crippen LogP contribution in [0.15, 0.2) is 47.7 Å². The minimum Gasteiger partial charge on any atom is -0.378 e. The second-order valence-corrected chi connectivity index (χ2v) is 4.17. The van der Waals surface area contributed by atoms with E-state index in [0.29, 0.717) is 12.0 Å². The van der Waals surface area contributed by atoms with Crippen LogP contribution in [-0.2, 0) is 0 Å². The van der Waals surface area contributed by atoms with Gasteiger partial charge in [-0.1, -0.05) is 36.5 Å². The Labute approximate surface area is 84.9 Å². The van der Waals surface area contributed by atoms with Gasteiger partial charge in [0, 0.05) is 11.6 Å². The highest BCUT2D eigenvalue weighted by Gasteiger charge is 2.31. The van der Waals surface area contributed by atoms with Gasteiger partial charge in [-0.25, -0.2) is 0 Å². The predicted molar refractivity (Wildman–Crippen MR) is 58.7 cm³/mol. The van der Waals surface area contributed by atoms with Crippen molar-refractivity contribution in [1.82, 2.24) is 5.32 Å². The molecule has 2 aliphatic carbocycles. The van der Waals surface area contributed by atoms with Crippen LogP contribution >= 0.6 is 0 Å². The quantitative estimate of drug-likeness (QED) is 0.612. The van der Waals surface area contributed by atoms with Crippen molar-refractivity contribution in [2.24, 2.45) is 5.92 Å². The van der Waals surface area contributed by atoms with Gasteiger partial charge in [0.1, 0.15) is 0 Å². The Morgan fingerprint density at radius 3 is 2.93 bits per heavy atom. The molecule has 1 N–H and O–H groups in total. The van der Waals surface area contributed by atoms with E-state index >= 15 is 0 Å². The maximum Gasteiger partial charge on any atom is 0.0551 e. The smallest absolute Gasteiger partial charge is 0.0551 e. The Morgan fingerprint density at radius 1 is 1.07 bits per heavy atom. The summed E-state index contributed by atoms with van der Waals surface area (Å²) in [4.78, 5) is 0. The summed E-state index contributed by atoms with van der Waals surface area (Å²) in [6, 6.07) is 0.510. The third-order valence-electron chi connectivity index (χ3n) is 3.25. The Morgan fingerprint density at radius 2 is 1.93 bits per heavy atom. The normalized spacial score (nSPS) is 33.7. The van der Waals surface area contributed by atoms with Gasteiger partial charge in [-0.05, 0) is 24.8 Å². The number of allylic oxidation sites excluding steroid dienone is 5. The van der Waals surface area contributed by atoms with Crippen LogP contribution in [0.25, 0.3) is 0 Å². The van der Waals surface area contributed by atoms with Crippen molar-refractivity contribution in [3.8, 4) is 0 Å². The fourth-order valence-corrected chi connectivity index (χ4v) is 2.53. The summed E-state index contributed by atoms with van der Waals surface area (Å²) in [7, 11) is 0. The molecule has 0 bridgehead atoms. The topological polar surface area (TPSA) is 12.0 Å². The summed E-state index contributed by atoms with van der Waals surface area (Å²) in [6.45, 7) is 0. The Balaban J connectivity index is 2.01. The maximum atomic E-state index is 3.59. The first-order valence-corrected chi connectivity index (χ1v) is 5.47. The van der Waals surface area contributed by atoms with Crippen molar-refractivity contribution >= 4 is 0 Å². The van der Waals surface area contributed by atoms with E-state index in [1.54, 1.807) is 0 Å². The van der Waals surface area contributed by atoms with E-state index in [2.05, 4.69) is 41.8 Å². The van der Waals surface area contributed by atoms with Crippen LogP contribution in [0, 0.1) is 5.92 Å². The highest BCUT2D eigenvalue weighted by Crippen LogP contribution is 2.35. The molecule has 0 radical (unpaired) electrons. The van der Waals surface area contributed by atoms with Gasteiger partial charge in [-0.2, -0.15) is 0 Å². The van der Waals surface area contributed by atoms with Gasteiger partial charge in [0.05, 0.1) is 6.04 Å². The van der Waals surface area contributed by atoms with E-state index < -0.39 is 0 Å². The molecule has 1 heterocycles. The lowest BCUT2D eigenvalue weighted by Gasteiger charge is -2.14. The van der Waals surface area contributed by atoms with E-state index in [9.17, 15) is 0 Å². The molecule has 14 heavy (non-hydrogen) atoms. The number of fused-ring (bicyclic) bond motifs is 3. The Kier molecular flexibility index (Phi) is 1.83. The minimum atomic E-state index is 0.510. The van der Waals surface area contributed by atoms with E-state index in [0.717, 1.165) is 0 Å². The molecule has 3 rings (SSSR count). The molecule has 1 fully saturated rings. The van der Waals surface area contributed by atoms with Gasteiger partial charge < -0.3 is 5.32 Å². The first-order chi connectivity index (χ1) is 6.95. The van der Waals surface area contributed by atoms with Gasteiger partial charge in [0.25, 0.3) is 0 Å². The standard InChI is InChI=1S/C13H15N/c1-2-6-10-11-7-4-5-9-13(11)14-12(10)8-3-1/h4-9,11,13-14H,1-3H2. The van der Waals surface area contributed by atoms with Crippen LogP contribution in [0.3, 0.4) is 0 Å². The molecule has 0 aromatic rings. The first kappa shape index (κ1) is 8.10. The second kappa shape index (κ2) is 3.16. The van der Waals surface area contributed by atoms with Gasteiger partial charge >= 0.3 is 0 Å². The second-order valence-electron chi connectivity index (χ2n) is 4.17. The molecule has 1 heteroatoms. The molecule has 0 saturated carbocycles. The van der Waals surface area contributed by atoms with Gasteiger partial charge in [-0.3, -0.25) is 0 Å². The van der Waals surface area contributed by atoms with Crippen molar-refractivity contribution in [2.45, 2.75) is 25.3 Å². The summed E-state index contributed by atoms with van der Waals surface area (Å²) in [5.74, 6) is 0.587. The van der Waals surface area contributed by atoms with E-state index in [1.807, 2.05) is 0 Å². The average molecular weight is 185 g/mol. The molecule has 1 saturated heterocycles. The molecule has 72 valence electrons. The predicted octanol–water partition coefficient (Wildman–Crippen LogP) is 2.69. The third kappa shape index (κ3) is 1.16. The van der Waals surface area contributed by atoms with Crippen LogP contribution < -0.4 is 5.32 Å². The summed E-state index contributed by atoms with van der Waals surface area (Å²) < 4.78 is 0. The van der Waals surface area contributed by atoms with Crippen molar-refractivity contribution in [2.75, 3.05) is 0 Å². The largest absolute Gasteiger partial charge is 0.378 e. The zero-order valence-corrected chi connectivity index (χ0v) is 8.24. The van der Waals surface area contributed by atoms with Crippen molar-refractivity contribution < 1.29 is 0 Å². The Bertz CT molecular complexity index is 357. The van der Waals surface area contributed by atoms with Crippen LogP contribution in [-0.4, -0.2) is 6.04 Å². The molecular formula is C13H15N. The molecule has 2 atom stereocenters. The lowest BCUT2D eigenvalue weighted by Crippen LogP contribution is -2.24. The van der Waals surface area contributed by atoms with Crippen molar-refractivity contribution in [3.05, 3.63) is 47.7 Å². The molecule has 0 spiro atoms. The number of nitrogens with one attached hydrogen (secondary N) is 1. The number of rotatable bonds is 0. The molecule has 0 aromatic heterocycles. The average Bonchev–Trinajstić information content (AvgIpc) is 2.42. The zero-order valence-electron chi connectivity index (χ0n) is 8.24.